The molecular formula is C9H17BO4. The van der Waals surface area contributed by atoms with Gasteiger partial charge >= 0.3 is 0 Å². The van der Waals surface area contributed by atoms with Gasteiger partial charge in [-0.3, -0.25) is 0 Å². The maximum absolute atomic E-state index is 10.4. The highest BCUT2D eigenvalue weighted by molar-refractivity contribution is 6.11. The highest BCUT2D eigenvalue weighted by Crippen LogP contribution is 2.24. The summed E-state index contributed by atoms with van der Waals surface area (Å²) >= 11 is 0. The van der Waals surface area contributed by atoms with Gasteiger partial charge in [0, 0.05) is 0 Å². The number of carbonyl (C=O) groups is 1. The summed E-state index contributed by atoms with van der Waals surface area (Å²) < 4.78 is 10.9. The first-order valence-corrected chi connectivity index (χ1v) is 5.04. The van der Waals surface area contributed by atoms with Gasteiger partial charge in [-0.25, -0.2) is 0 Å². The topological polar surface area (TPSA) is 55.8 Å². The first-order chi connectivity index (χ1) is 6.60. The fourth-order valence-electron chi connectivity index (χ4n) is 1.73. The highest BCUT2D eigenvalue weighted by atomic mass is 16.6. The molecule has 80 valence electrons. The lowest BCUT2D eigenvalue weighted by atomic mass is 9.92. The van der Waals surface area contributed by atoms with Crippen molar-refractivity contribution in [3.8, 4) is 0 Å². The Morgan fingerprint density at radius 2 is 2.36 bits per heavy atom. The van der Waals surface area contributed by atoms with Crippen molar-refractivity contribution in [1.29, 1.82) is 0 Å². The molecule has 0 aromatic heterocycles. The molecule has 5 atom stereocenters. The molecule has 1 fully saturated rings. The van der Waals surface area contributed by atoms with E-state index in [9.17, 15) is 9.90 Å². The molecule has 1 N–H and O–H groups in total. The van der Waals surface area contributed by atoms with Crippen LogP contribution < -0.4 is 0 Å². The van der Waals surface area contributed by atoms with Crippen LogP contribution in [0.1, 0.15) is 20.3 Å². The van der Waals surface area contributed by atoms with Gasteiger partial charge in [0.1, 0.15) is 32.4 Å². The number of ether oxygens (including phenoxy) is 2. The molecule has 0 aromatic rings. The molecule has 1 aliphatic heterocycles. The van der Waals surface area contributed by atoms with E-state index < -0.39 is 12.2 Å². The van der Waals surface area contributed by atoms with Crippen LogP contribution in [-0.2, 0) is 14.3 Å². The van der Waals surface area contributed by atoms with Crippen molar-refractivity contribution in [1.82, 2.24) is 0 Å². The molecule has 0 spiro atoms. The largest absolute Gasteiger partial charge is 0.388 e. The van der Waals surface area contributed by atoms with Crippen LogP contribution >= 0.6 is 0 Å². The molecule has 4 nitrogen and oxygen atoms in total. The summed E-state index contributed by atoms with van der Waals surface area (Å²) in [7, 11) is 1.85. The molecule has 0 amide bonds. The molecular weight excluding hydrogens is 183 g/mol. The van der Waals surface area contributed by atoms with Crippen molar-refractivity contribution in [2.24, 2.45) is 0 Å². The summed E-state index contributed by atoms with van der Waals surface area (Å²) in [5.41, 5.74) is 0. The Hall–Kier alpha value is -0.385. The van der Waals surface area contributed by atoms with Gasteiger partial charge < -0.3 is 19.4 Å². The zero-order valence-electron chi connectivity index (χ0n) is 8.84. The SMILES string of the molecule is B[C@@H]1O[C@H](CC)C(O)[C@@H]1O[C@H](C)C=O. The molecule has 0 saturated carbocycles. The molecule has 0 aromatic carbocycles. The first-order valence-electron chi connectivity index (χ1n) is 5.04. The average molecular weight is 200 g/mol. The van der Waals surface area contributed by atoms with E-state index >= 15 is 0 Å². The van der Waals surface area contributed by atoms with Gasteiger partial charge in [0.2, 0.25) is 0 Å². The van der Waals surface area contributed by atoms with Gasteiger partial charge in [0.15, 0.2) is 0 Å². The summed E-state index contributed by atoms with van der Waals surface area (Å²) in [5.74, 6) is 0. The van der Waals surface area contributed by atoms with Crippen LogP contribution in [0.25, 0.3) is 0 Å². The van der Waals surface area contributed by atoms with E-state index in [2.05, 4.69) is 0 Å². The third-order valence-corrected chi connectivity index (χ3v) is 2.54. The van der Waals surface area contributed by atoms with Gasteiger partial charge in [-0.1, -0.05) is 6.92 Å². The molecule has 0 radical (unpaired) electrons. The van der Waals surface area contributed by atoms with E-state index in [0.717, 1.165) is 12.7 Å². The molecule has 0 aliphatic carbocycles. The Balaban J connectivity index is 2.55. The van der Waals surface area contributed by atoms with Crippen molar-refractivity contribution in [3.63, 3.8) is 0 Å². The summed E-state index contributed by atoms with van der Waals surface area (Å²) in [5, 5.41) is 9.80. The maximum Gasteiger partial charge on any atom is 0.148 e. The molecule has 1 saturated heterocycles. The van der Waals surface area contributed by atoms with Gasteiger partial charge in [0.25, 0.3) is 0 Å². The summed E-state index contributed by atoms with van der Waals surface area (Å²) in [6, 6.07) is -0.155. The summed E-state index contributed by atoms with van der Waals surface area (Å²) in [6.07, 6.45) is -0.206. The number of hydrogen-bond acceptors (Lipinski definition) is 4. The summed E-state index contributed by atoms with van der Waals surface area (Å²) in [4.78, 5) is 10.4. The van der Waals surface area contributed by atoms with E-state index in [-0.39, 0.29) is 18.2 Å². The van der Waals surface area contributed by atoms with Crippen LogP contribution in [0.4, 0.5) is 0 Å². The maximum atomic E-state index is 10.4. The predicted octanol–water partition coefficient (Wildman–Crippen LogP) is -0.912. The van der Waals surface area contributed by atoms with Crippen LogP contribution in [-0.4, -0.2) is 49.7 Å². The van der Waals surface area contributed by atoms with E-state index in [4.69, 9.17) is 9.47 Å². The number of aldehydes is 1. The van der Waals surface area contributed by atoms with Crippen LogP contribution in [0, 0.1) is 0 Å². The second-order valence-corrected chi connectivity index (χ2v) is 3.72. The lowest BCUT2D eigenvalue weighted by Gasteiger charge is -2.20. The standard InChI is InChI=1S/C9H17BO4/c1-3-6-7(12)8(9(10)14-6)13-5(2)4-11/h4-9,12H,3,10H2,1-2H3/t5-,6-,7?,8+,9-/m1/s1. The smallest absolute Gasteiger partial charge is 0.148 e. The lowest BCUT2D eigenvalue weighted by Crippen LogP contribution is -2.38. The first kappa shape index (κ1) is 11.7. The van der Waals surface area contributed by atoms with Crippen molar-refractivity contribution < 1.29 is 19.4 Å². The minimum atomic E-state index is -0.627. The Labute approximate surface area is 85.0 Å². The molecule has 1 aliphatic rings. The molecule has 1 heterocycles. The van der Waals surface area contributed by atoms with Crippen molar-refractivity contribution in [2.45, 2.75) is 50.7 Å². The minimum absolute atomic E-state index is 0.155. The quantitative estimate of drug-likeness (QED) is 0.471. The van der Waals surface area contributed by atoms with E-state index in [1.165, 1.54) is 0 Å². The fourth-order valence-corrected chi connectivity index (χ4v) is 1.73. The van der Waals surface area contributed by atoms with Gasteiger partial charge in [-0.15, -0.1) is 0 Å². The second-order valence-electron chi connectivity index (χ2n) is 3.72. The van der Waals surface area contributed by atoms with Crippen LogP contribution in [0.3, 0.4) is 0 Å². The molecule has 1 unspecified atom stereocenters. The van der Waals surface area contributed by atoms with Gasteiger partial charge in [-0.2, -0.15) is 0 Å². The van der Waals surface area contributed by atoms with E-state index in [0.29, 0.717) is 0 Å². The monoisotopic (exact) mass is 200 g/mol. The predicted molar refractivity (Wildman–Crippen MR) is 53.9 cm³/mol. The number of aliphatic hydroxyl groups is 1. The number of carbonyl (C=O) groups excluding carboxylic acids is 1. The van der Waals surface area contributed by atoms with Gasteiger partial charge in [-0.05, 0) is 13.3 Å². The number of aliphatic hydroxyl groups excluding tert-OH is 1. The normalized spacial score (nSPS) is 39.6. The number of rotatable bonds is 4. The minimum Gasteiger partial charge on any atom is -0.388 e. The number of hydrogen-bond donors (Lipinski definition) is 1. The van der Waals surface area contributed by atoms with E-state index in [1.807, 2.05) is 14.8 Å². The third kappa shape index (κ3) is 2.35. The lowest BCUT2D eigenvalue weighted by molar-refractivity contribution is -0.124. The average Bonchev–Trinajstić information content (AvgIpc) is 2.44. The Kier molecular flexibility index (Phi) is 4.10. The van der Waals surface area contributed by atoms with Crippen molar-refractivity contribution in [2.75, 3.05) is 0 Å². The zero-order valence-corrected chi connectivity index (χ0v) is 8.84. The highest BCUT2D eigenvalue weighted by Gasteiger charge is 2.41. The summed E-state index contributed by atoms with van der Waals surface area (Å²) in [6.45, 7) is 3.61. The van der Waals surface area contributed by atoms with E-state index in [1.54, 1.807) is 6.92 Å². The molecule has 5 heteroatoms. The van der Waals surface area contributed by atoms with Crippen LogP contribution in [0.2, 0.25) is 0 Å². The Morgan fingerprint density at radius 1 is 1.71 bits per heavy atom. The second kappa shape index (κ2) is 4.91. The van der Waals surface area contributed by atoms with Crippen molar-refractivity contribution >= 4 is 14.1 Å². The molecule has 14 heavy (non-hydrogen) atoms. The Morgan fingerprint density at radius 3 is 2.79 bits per heavy atom. The molecule has 0 bridgehead atoms. The third-order valence-electron chi connectivity index (χ3n) is 2.54. The molecule has 1 rings (SSSR count). The van der Waals surface area contributed by atoms with Gasteiger partial charge in [0.05, 0.1) is 12.1 Å². The fraction of sp³-hybridized carbons (Fsp3) is 0.889. The zero-order chi connectivity index (χ0) is 10.7. The van der Waals surface area contributed by atoms with Crippen LogP contribution in [0.5, 0.6) is 0 Å². The van der Waals surface area contributed by atoms with Crippen molar-refractivity contribution in [3.05, 3.63) is 0 Å². The Bertz CT molecular complexity index is 199. The van der Waals surface area contributed by atoms with Crippen LogP contribution in [0.15, 0.2) is 0 Å².